The van der Waals surface area contributed by atoms with Gasteiger partial charge in [0, 0.05) is 19.2 Å². The summed E-state index contributed by atoms with van der Waals surface area (Å²) in [7, 11) is 1.86. The van der Waals surface area contributed by atoms with Gasteiger partial charge < -0.3 is 4.74 Å². The van der Waals surface area contributed by atoms with Crippen molar-refractivity contribution in [2.75, 3.05) is 13.7 Å². The SMILES string of the molecule is CCCN1C2CCC1CC(OC)C2. The van der Waals surface area contributed by atoms with Crippen molar-refractivity contribution in [3.8, 4) is 0 Å². The van der Waals surface area contributed by atoms with Crippen LogP contribution in [0.1, 0.15) is 39.0 Å². The fourth-order valence-corrected chi connectivity index (χ4v) is 3.04. The minimum atomic E-state index is 0.547. The van der Waals surface area contributed by atoms with Crippen LogP contribution in [0.15, 0.2) is 0 Å². The summed E-state index contributed by atoms with van der Waals surface area (Å²) < 4.78 is 5.47. The van der Waals surface area contributed by atoms with Crippen LogP contribution >= 0.6 is 0 Å². The highest BCUT2D eigenvalue weighted by Crippen LogP contribution is 2.36. The van der Waals surface area contributed by atoms with Gasteiger partial charge >= 0.3 is 0 Å². The first-order chi connectivity index (χ1) is 6.35. The average Bonchev–Trinajstić information content (AvgIpc) is 2.39. The van der Waals surface area contributed by atoms with Crippen LogP contribution in [0.2, 0.25) is 0 Å². The lowest BCUT2D eigenvalue weighted by Crippen LogP contribution is -2.45. The number of rotatable bonds is 3. The maximum absolute atomic E-state index is 5.47. The molecule has 2 unspecified atom stereocenters. The van der Waals surface area contributed by atoms with Crippen LogP contribution in [-0.2, 0) is 4.74 Å². The fourth-order valence-electron chi connectivity index (χ4n) is 3.04. The van der Waals surface area contributed by atoms with Crippen LogP contribution in [0.4, 0.5) is 0 Å². The van der Waals surface area contributed by atoms with Crippen molar-refractivity contribution in [2.45, 2.75) is 57.2 Å². The van der Waals surface area contributed by atoms with Crippen molar-refractivity contribution >= 4 is 0 Å². The summed E-state index contributed by atoms with van der Waals surface area (Å²) in [5.74, 6) is 0. The molecule has 0 saturated carbocycles. The van der Waals surface area contributed by atoms with E-state index >= 15 is 0 Å². The molecule has 0 aromatic rings. The predicted octanol–water partition coefficient (Wildman–Crippen LogP) is 2.04. The zero-order valence-electron chi connectivity index (χ0n) is 8.83. The summed E-state index contributed by atoms with van der Waals surface area (Å²) in [6.45, 7) is 3.58. The van der Waals surface area contributed by atoms with Crippen LogP contribution in [0.3, 0.4) is 0 Å². The van der Waals surface area contributed by atoms with Gasteiger partial charge in [-0.2, -0.15) is 0 Å². The second kappa shape index (κ2) is 3.97. The van der Waals surface area contributed by atoms with Crippen molar-refractivity contribution in [2.24, 2.45) is 0 Å². The van der Waals surface area contributed by atoms with Crippen LogP contribution in [0.25, 0.3) is 0 Å². The summed E-state index contributed by atoms with van der Waals surface area (Å²) in [5, 5.41) is 0. The Morgan fingerprint density at radius 2 is 1.85 bits per heavy atom. The Hall–Kier alpha value is -0.0800. The molecule has 2 aliphatic heterocycles. The smallest absolute Gasteiger partial charge is 0.0601 e. The zero-order chi connectivity index (χ0) is 9.26. The summed E-state index contributed by atoms with van der Waals surface area (Å²) in [6.07, 6.45) is 7.20. The third kappa shape index (κ3) is 1.75. The Bertz CT molecular complexity index is 157. The number of hydrogen-bond acceptors (Lipinski definition) is 2. The fraction of sp³-hybridized carbons (Fsp3) is 1.00. The summed E-state index contributed by atoms with van der Waals surface area (Å²) >= 11 is 0. The topological polar surface area (TPSA) is 12.5 Å². The molecule has 0 N–H and O–H groups in total. The number of piperidine rings is 1. The van der Waals surface area contributed by atoms with Crippen molar-refractivity contribution in [1.29, 1.82) is 0 Å². The van der Waals surface area contributed by atoms with Gasteiger partial charge in [-0.05, 0) is 38.6 Å². The Morgan fingerprint density at radius 1 is 1.23 bits per heavy atom. The van der Waals surface area contributed by atoms with Gasteiger partial charge in [0.25, 0.3) is 0 Å². The number of nitrogens with zero attached hydrogens (tertiary/aromatic N) is 1. The molecule has 76 valence electrons. The van der Waals surface area contributed by atoms with E-state index in [0.29, 0.717) is 6.10 Å². The van der Waals surface area contributed by atoms with E-state index in [1.165, 1.54) is 38.6 Å². The van der Waals surface area contributed by atoms with E-state index in [9.17, 15) is 0 Å². The van der Waals surface area contributed by atoms with E-state index in [1.807, 2.05) is 7.11 Å². The van der Waals surface area contributed by atoms with Gasteiger partial charge in [-0.25, -0.2) is 0 Å². The summed E-state index contributed by atoms with van der Waals surface area (Å²) in [6, 6.07) is 1.67. The van der Waals surface area contributed by atoms with E-state index < -0.39 is 0 Å². The van der Waals surface area contributed by atoms with Crippen molar-refractivity contribution in [3.05, 3.63) is 0 Å². The van der Waals surface area contributed by atoms with Crippen molar-refractivity contribution in [1.82, 2.24) is 4.90 Å². The van der Waals surface area contributed by atoms with Gasteiger partial charge in [0.15, 0.2) is 0 Å². The quantitative estimate of drug-likeness (QED) is 0.664. The first-order valence-electron chi connectivity index (χ1n) is 5.63. The first kappa shape index (κ1) is 9.47. The highest BCUT2D eigenvalue weighted by atomic mass is 16.5. The Balaban J connectivity index is 1.96. The molecule has 13 heavy (non-hydrogen) atoms. The monoisotopic (exact) mass is 183 g/mol. The normalized spacial score (nSPS) is 39.7. The van der Waals surface area contributed by atoms with Gasteiger partial charge in [-0.1, -0.05) is 6.92 Å². The van der Waals surface area contributed by atoms with E-state index in [-0.39, 0.29) is 0 Å². The molecule has 2 bridgehead atoms. The lowest BCUT2D eigenvalue weighted by Gasteiger charge is -2.38. The van der Waals surface area contributed by atoms with E-state index in [1.54, 1.807) is 0 Å². The molecule has 2 nitrogen and oxygen atoms in total. The van der Waals surface area contributed by atoms with Gasteiger partial charge in [0.1, 0.15) is 0 Å². The molecular weight excluding hydrogens is 162 g/mol. The average molecular weight is 183 g/mol. The summed E-state index contributed by atoms with van der Waals surface area (Å²) in [5.41, 5.74) is 0. The Morgan fingerprint density at radius 3 is 2.31 bits per heavy atom. The van der Waals surface area contributed by atoms with E-state index in [2.05, 4.69) is 11.8 Å². The molecule has 0 spiro atoms. The molecule has 2 atom stereocenters. The maximum Gasteiger partial charge on any atom is 0.0601 e. The molecule has 2 heteroatoms. The third-order valence-corrected chi connectivity index (χ3v) is 3.66. The Labute approximate surface area is 81.3 Å². The highest BCUT2D eigenvalue weighted by Gasteiger charge is 2.39. The molecule has 0 aliphatic carbocycles. The molecule has 0 radical (unpaired) electrons. The number of fused-ring (bicyclic) bond motifs is 2. The minimum Gasteiger partial charge on any atom is -0.381 e. The van der Waals surface area contributed by atoms with Gasteiger partial charge in [0.05, 0.1) is 6.10 Å². The van der Waals surface area contributed by atoms with E-state index in [4.69, 9.17) is 4.74 Å². The third-order valence-electron chi connectivity index (χ3n) is 3.66. The van der Waals surface area contributed by atoms with Gasteiger partial charge in [-0.15, -0.1) is 0 Å². The molecule has 2 aliphatic rings. The predicted molar refractivity (Wildman–Crippen MR) is 53.8 cm³/mol. The van der Waals surface area contributed by atoms with E-state index in [0.717, 1.165) is 12.1 Å². The largest absolute Gasteiger partial charge is 0.381 e. The molecule has 0 amide bonds. The minimum absolute atomic E-state index is 0.547. The number of methoxy groups -OCH3 is 1. The number of ether oxygens (including phenoxy) is 1. The lowest BCUT2D eigenvalue weighted by atomic mass is 9.99. The zero-order valence-corrected chi connectivity index (χ0v) is 8.83. The second-order valence-electron chi connectivity index (χ2n) is 4.45. The molecular formula is C11H21NO. The molecule has 2 rings (SSSR count). The van der Waals surface area contributed by atoms with Gasteiger partial charge in [-0.3, -0.25) is 4.90 Å². The van der Waals surface area contributed by atoms with Crippen LogP contribution < -0.4 is 0 Å². The van der Waals surface area contributed by atoms with Crippen molar-refractivity contribution in [3.63, 3.8) is 0 Å². The molecule has 0 aromatic carbocycles. The van der Waals surface area contributed by atoms with Crippen LogP contribution in [0.5, 0.6) is 0 Å². The molecule has 0 aromatic heterocycles. The first-order valence-corrected chi connectivity index (χ1v) is 5.63. The lowest BCUT2D eigenvalue weighted by molar-refractivity contribution is 0.00601. The Kier molecular flexibility index (Phi) is 2.89. The second-order valence-corrected chi connectivity index (χ2v) is 4.45. The molecule has 2 heterocycles. The molecule has 2 fully saturated rings. The van der Waals surface area contributed by atoms with Gasteiger partial charge in [0.2, 0.25) is 0 Å². The number of hydrogen-bond donors (Lipinski definition) is 0. The maximum atomic E-state index is 5.47. The highest BCUT2D eigenvalue weighted by molar-refractivity contribution is 4.95. The summed E-state index contributed by atoms with van der Waals surface area (Å²) in [4.78, 5) is 2.72. The van der Waals surface area contributed by atoms with Crippen LogP contribution in [0, 0.1) is 0 Å². The van der Waals surface area contributed by atoms with Crippen LogP contribution in [-0.4, -0.2) is 36.7 Å². The van der Waals surface area contributed by atoms with Crippen molar-refractivity contribution < 1.29 is 4.74 Å². The standard InChI is InChI=1S/C11H21NO/c1-3-6-12-9-4-5-10(12)8-11(7-9)13-2/h9-11H,3-8H2,1-2H3. The molecule has 2 saturated heterocycles.